The van der Waals surface area contributed by atoms with E-state index in [1.165, 1.54) is 6.92 Å². The number of halogens is 2. The summed E-state index contributed by atoms with van der Waals surface area (Å²) >= 11 is 2.95. The molecule has 0 aliphatic carbocycles. The van der Waals surface area contributed by atoms with E-state index in [0.29, 0.717) is 0 Å². The summed E-state index contributed by atoms with van der Waals surface area (Å²) in [5.74, 6) is -3.88. The Kier molecular flexibility index (Phi) is 5.05. The molecule has 1 unspecified atom stereocenters. The van der Waals surface area contributed by atoms with E-state index >= 15 is 0 Å². The zero-order chi connectivity index (χ0) is 14.8. The number of aliphatic hydroxyl groups excluding tert-OH is 1. The van der Waals surface area contributed by atoms with Crippen LogP contribution in [0.3, 0.4) is 0 Å². The molecule has 19 heavy (non-hydrogen) atoms. The fourth-order valence-electron chi connectivity index (χ4n) is 1.46. The molecule has 8 heteroatoms. The first-order valence-electron chi connectivity index (χ1n) is 5.25. The first kappa shape index (κ1) is 16.1. The third-order valence-electron chi connectivity index (χ3n) is 2.39. The van der Waals surface area contributed by atoms with E-state index < -0.39 is 43.8 Å². The van der Waals surface area contributed by atoms with Crippen LogP contribution in [-0.2, 0) is 9.84 Å². The van der Waals surface area contributed by atoms with Crippen LogP contribution in [0.15, 0.2) is 21.5 Å². The molecule has 0 radical (unpaired) electrons. The summed E-state index contributed by atoms with van der Waals surface area (Å²) in [6.45, 7) is 1.13. The van der Waals surface area contributed by atoms with Crippen molar-refractivity contribution >= 4 is 31.7 Å². The zero-order valence-corrected chi connectivity index (χ0v) is 12.3. The van der Waals surface area contributed by atoms with Gasteiger partial charge in [-0.25, -0.2) is 17.6 Å². The van der Waals surface area contributed by atoms with Gasteiger partial charge < -0.3 is 10.2 Å². The van der Waals surface area contributed by atoms with Gasteiger partial charge in [-0.3, -0.25) is 0 Å². The van der Waals surface area contributed by atoms with E-state index in [0.717, 1.165) is 12.1 Å². The van der Waals surface area contributed by atoms with Crippen molar-refractivity contribution in [2.45, 2.75) is 11.8 Å². The van der Waals surface area contributed by atoms with E-state index in [2.05, 4.69) is 15.9 Å². The van der Waals surface area contributed by atoms with Crippen molar-refractivity contribution in [2.24, 2.45) is 5.92 Å². The maximum atomic E-state index is 13.9. The highest BCUT2D eigenvalue weighted by molar-refractivity contribution is 9.10. The summed E-state index contributed by atoms with van der Waals surface area (Å²) in [5.41, 5.74) is -0.718. The lowest BCUT2D eigenvalue weighted by molar-refractivity contribution is 0.0691. The van der Waals surface area contributed by atoms with E-state index in [4.69, 9.17) is 10.2 Å². The fourth-order valence-corrected chi connectivity index (χ4v) is 3.80. The Bertz CT molecular complexity index is 599. The van der Waals surface area contributed by atoms with Gasteiger partial charge >= 0.3 is 5.97 Å². The average Bonchev–Trinajstić information content (AvgIpc) is 2.30. The molecule has 0 spiro atoms. The standard InChI is InChI=1S/C11H12BrFO5S/c1-6(4-14)5-19(17,18)9-3-7(12)2-8(10(9)13)11(15)16/h2-3,6,14H,4-5H2,1H3,(H,15,16). The first-order valence-corrected chi connectivity index (χ1v) is 7.69. The molecular weight excluding hydrogens is 343 g/mol. The van der Waals surface area contributed by atoms with Gasteiger partial charge in [0.05, 0.1) is 11.3 Å². The van der Waals surface area contributed by atoms with Gasteiger partial charge in [0.25, 0.3) is 0 Å². The minimum Gasteiger partial charge on any atom is -0.478 e. The molecular formula is C11H12BrFO5S. The Hall–Kier alpha value is -0.990. The minimum atomic E-state index is -4.01. The van der Waals surface area contributed by atoms with Crippen LogP contribution in [0.25, 0.3) is 0 Å². The number of carboxylic acid groups (broad SMARTS) is 1. The zero-order valence-electron chi connectivity index (χ0n) is 9.93. The molecule has 1 rings (SSSR count). The fraction of sp³-hybridized carbons (Fsp3) is 0.364. The van der Waals surface area contributed by atoms with Crippen LogP contribution in [0.4, 0.5) is 4.39 Å². The number of carbonyl (C=O) groups is 1. The Morgan fingerprint density at radius 3 is 2.53 bits per heavy atom. The molecule has 0 aromatic heterocycles. The summed E-state index contributed by atoms with van der Waals surface area (Å²) in [6.07, 6.45) is 0. The quantitative estimate of drug-likeness (QED) is 0.839. The van der Waals surface area contributed by atoms with Gasteiger partial charge in [-0.15, -0.1) is 0 Å². The molecule has 0 aliphatic heterocycles. The van der Waals surface area contributed by atoms with Crippen LogP contribution >= 0.6 is 15.9 Å². The van der Waals surface area contributed by atoms with Gasteiger partial charge in [0.1, 0.15) is 4.90 Å². The highest BCUT2D eigenvalue weighted by Gasteiger charge is 2.26. The maximum Gasteiger partial charge on any atom is 0.338 e. The largest absolute Gasteiger partial charge is 0.478 e. The van der Waals surface area contributed by atoms with Crippen LogP contribution in [0.2, 0.25) is 0 Å². The van der Waals surface area contributed by atoms with E-state index in [9.17, 15) is 17.6 Å². The molecule has 0 aliphatic rings. The lowest BCUT2D eigenvalue weighted by atomic mass is 10.2. The third kappa shape index (κ3) is 3.74. The van der Waals surface area contributed by atoms with Gasteiger partial charge in [0.15, 0.2) is 15.7 Å². The number of benzene rings is 1. The second kappa shape index (κ2) is 5.98. The molecule has 0 bridgehead atoms. The molecule has 106 valence electrons. The normalized spacial score (nSPS) is 13.3. The lowest BCUT2D eigenvalue weighted by Crippen LogP contribution is -2.19. The molecule has 1 aromatic rings. The number of aliphatic hydroxyl groups is 1. The van der Waals surface area contributed by atoms with Gasteiger partial charge in [-0.2, -0.15) is 0 Å². The lowest BCUT2D eigenvalue weighted by Gasteiger charge is -2.11. The van der Waals surface area contributed by atoms with Crippen LogP contribution in [0.5, 0.6) is 0 Å². The molecule has 1 aromatic carbocycles. The summed E-state index contributed by atoms with van der Waals surface area (Å²) in [6, 6.07) is 2.01. The second-order valence-corrected chi connectivity index (χ2v) is 7.06. The summed E-state index contributed by atoms with van der Waals surface area (Å²) < 4.78 is 38.0. The van der Waals surface area contributed by atoms with Gasteiger partial charge in [0, 0.05) is 11.1 Å². The summed E-state index contributed by atoms with van der Waals surface area (Å²) in [5, 5.41) is 17.7. The predicted octanol–water partition coefficient (Wildman–Crippen LogP) is 1.69. The molecule has 1 atom stereocenters. The molecule has 0 heterocycles. The third-order valence-corrected chi connectivity index (χ3v) is 4.82. The summed E-state index contributed by atoms with van der Waals surface area (Å²) in [7, 11) is -4.01. The molecule has 5 nitrogen and oxygen atoms in total. The van der Waals surface area contributed by atoms with Crippen LogP contribution in [0, 0.1) is 11.7 Å². The number of carboxylic acids is 1. The van der Waals surface area contributed by atoms with Crippen molar-refractivity contribution in [3.05, 3.63) is 28.0 Å². The number of aromatic carboxylic acids is 1. The Balaban J connectivity index is 3.39. The predicted molar refractivity (Wildman–Crippen MR) is 69.4 cm³/mol. The smallest absolute Gasteiger partial charge is 0.338 e. The van der Waals surface area contributed by atoms with E-state index in [-0.39, 0.29) is 11.1 Å². The molecule has 0 saturated carbocycles. The van der Waals surface area contributed by atoms with Crippen molar-refractivity contribution in [1.82, 2.24) is 0 Å². The minimum absolute atomic E-state index is 0.154. The van der Waals surface area contributed by atoms with Crippen LogP contribution in [-0.4, -0.2) is 37.0 Å². The Morgan fingerprint density at radius 1 is 1.47 bits per heavy atom. The van der Waals surface area contributed by atoms with Crippen molar-refractivity contribution in [3.8, 4) is 0 Å². The Morgan fingerprint density at radius 2 is 2.05 bits per heavy atom. The number of rotatable bonds is 5. The van der Waals surface area contributed by atoms with Crippen molar-refractivity contribution in [3.63, 3.8) is 0 Å². The number of hydrogen-bond donors (Lipinski definition) is 2. The molecule has 0 amide bonds. The molecule has 2 N–H and O–H groups in total. The SMILES string of the molecule is CC(CO)CS(=O)(=O)c1cc(Br)cc(C(=O)O)c1F. The topological polar surface area (TPSA) is 91.7 Å². The van der Waals surface area contributed by atoms with Gasteiger partial charge in [-0.1, -0.05) is 22.9 Å². The van der Waals surface area contributed by atoms with E-state index in [1.807, 2.05) is 0 Å². The second-order valence-electron chi connectivity index (χ2n) is 4.14. The number of hydrogen-bond acceptors (Lipinski definition) is 4. The summed E-state index contributed by atoms with van der Waals surface area (Å²) in [4.78, 5) is 10.2. The van der Waals surface area contributed by atoms with Crippen LogP contribution in [0.1, 0.15) is 17.3 Å². The highest BCUT2D eigenvalue weighted by Crippen LogP contribution is 2.26. The molecule has 0 saturated heterocycles. The van der Waals surface area contributed by atoms with Gasteiger partial charge in [-0.05, 0) is 18.1 Å². The van der Waals surface area contributed by atoms with Crippen molar-refractivity contribution in [2.75, 3.05) is 12.4 Å². The average molecular weight is 355 g/mol. The van der Waals surface area contributed by atoms with Crippen molar-refractivity contribution < 1.29 is 27.8 Å². The molecule has 0 fully saturated rings. The van der Waals surface area contributed by atoms with Crippen LogP contribution < -0.4 is 0 Å². The highest BCUT2D eigenvalue weighted by atomic mass is 79.9. The van der Waals surface area contributed by atoms with Gasteiger partial charge in [0.2, 0.25) is 0 Å². The van der Waals surface area contributed by atoms with E-state index in [1.54, 1.807) is 0 Å². The monoisotopic (exact) mass is 354 g/mol. The first-order chi connectivity index (χ1) is 8.69. The maximum absolute atomic E-state index is 13.9. The van der Waals surface area contributed by atoms with Crippen molar-refractivity contribution in [1.29, 1.82) is 0 Å². The Labute approximate surface area is 118 Å². The number of sulfone groups is 1.